The topological polar surface area (TPSA) is 57.5 Å². The molecule has 0 spiro atoms. The minimum atomic E-state index is -0.753. The van der Waals surface area contributed by atoms with Gasteiger partial charge in [0.15, 0.2) is 0 Å². The lowest BCUT2D eigenvalue weighted by Gasteiger charge is -2.34. The monoisotopic (exact) mass is 250 g/mol. The summed E-state index contributed by atoms with van der Waals surface area (Å²) in [5.74, 6) is -0.525. The first-order valence-corrected chi connectivity index (χ1v) is 6.24. The van der Waals surface area contributed by atoms with Gasteiger partial charge in [0.1, 0.15) is 5.75 Å². The van der Waals surface area contributed by atoms with E-state index in [-0.39, 0.29) is 11.2 Å². The van der Waals surface area contributed by atoms with E-state index in [1.54, 1.807) is 19.1 Å². The summed E-state index contributed by atoms with van der Waals surface area (Å²) in [5, 5.41) is 18.6. The summed E-state index contributed by atoms with van der Waals surface area (Å²) in [5.41, 5.74) is 0.0827. The van der Waals surface area contributed by atoms with E-state index in [2.05, 4.69) is 0 Å². The fourth-order valence-corrected chi connectivity index (χ4v) is 2.34. The van der Waals surface area contributed by atoms with Crippen LogP contribution in [0.25, 0.3) is 0 Å². The molecule has 100 valence electrons. The minimum absolute atomic E-state index is 0.228. The Bertz CT molecular complexity index is 420. The normalized spacial score (nSPS) is 15.1. The van der Waals surface area contributed by atoms with Crippen molar-refractivity contribution < 1.29 is 15.0 Å². The van der Waals surface area contributed by atoms with Crippen LogP contribution in [0.5, 0.6) is 5.75 Å². The Morgan fingerprint density at radius 1 is 1.17 bits per heavy atom. The maximum atomic E-state index is 11.4. The number of hydrogen-bond acceptors (Lipinski definition) is 2. The maximum Gasteiger partial charge on any atom is 0.309 e. The smallest absolute Gasteiger partial charge is 0.309 e. The Morgan fingerprint density at radius 3 is 2.06 bits per heavy atom. The van der Waals surface area contributed by atoms with E-state index in [0.29, 0.717) is 12.8 Å². The van der Waals surface area contributed by atoms with Gasteiger partial charge in [-0.1, -0.05) is 32.9 Å². The van der Waals surface area contributed by atoms with Crippen molar-refractivity contribution in [2.24, 2.45) is 5.41 Å². The molecule has 18 heavy (non-hydrogen) atoms. The number of carbonyl (C=O) groups is 1. The summed E-state index contributed by atoms with van der Waals surface area (Å²) in [6.45, 7) is 7.77. The van der Waals surface area contributed by atoms with Crippen molar-refractivity contribution >= 4 is 5.97 Å². The van der Waals surface area contributed by atoms with Crippen LogP contribution >= 0.6 is 0 Å². The first-order chi connectivity index (χ1) is 8.21. The molecule has 3 heteroatoms. The van der Waals surface area contributed by atoms with E-state index in [1.165, 1.54) is 0 Å². The molecule has 1 aromatic rings. The van der Waals surface area contributed by atoms with E-state index < -0.39 is 11.4 Å². The van der Waals surface area contributed by atoms with Crippen molar-refractivity contribution in [3.63, 3.8) is 0 Å². The van der Waals surface area contributed by atoms with Crippen LogP contribution in [0.15, 0.2) is 24.3 Å². The van der Waals surface area contributed by atoms with E-state index in [1.807, 2.05) is 32.9 Å². The van der Waals surface area contributed by atoms with Crippen LogP contribution in [-0.2, 0) is 10.2 Å². The third kappa shape index (κ3) is 3.03. The van der Waals surface area contributed by atoms with Crippen molar-refractivity contribution in [1.82, 2.24) is 0 Å². The molecule has 0 aliphatic rings. The van der Waals surface area contributed by atoms with Gasteiger partial charge in [-0.15, -0.1) is 0 Å². The third-order valence-corrected chi connectivity index (χ3v) is 3.78. The Balaban J connectivity index is 3.00. The largest absolute Gasteiger partial charge is 0.508 e. The van der Waals surface area contributed by atoms with Crippen molar-refractivity contribution in [3.05, 3.63) is 29.8 Å². The summed E-state index contributed by atoms with van der Waals surface area (Å²) < 4.78 is 0. The van der Waals surface area contributed by atoms with Crippen LogP contribution in [0.2, 0.25) is 0 Å². The van der Waals surface area contributed by atoms with E-state index in [0.717, 1.165) is 5.56 Å². The molecule has 0 saturated carbocycles. The molecule has 0 bridgehead atoms. The molecule has 0 fully saturated rings. The van der Waals surface area contributed by atoms with Crippen LogP contribution < -0.4 is 0 Å². The number of rotatable bonds is 5. The van der Waals surface area contributed by atoms with Gasteiger partial charge in [0, 0.05) is 0 Å². The number of carboxylic acids is 1. The lowest BCUT2D eigenvalue weighted by Crippen LogP contribution is -2.34. The summed E-state index contributed by atoms with van der Waals surface area (Å²) in [7, 11) is 0. The molecule has 2 N–H and O–H groups in total. The van der Waals surface area contributed by atoms with Gasteiger partial charge in [-0.25, -0.2) is 0 Å². The molecule has 0 aliphatic heterocycles. The van der Waals surface area contributed by atoms with Crippen LogP contribution in [0.4, 0.5) is 0 Å². The second kappa shape index (κ2) is 5.01. The zero-order chi connectivity index (χ0) is 14.0. The number of phenols is 1. The van der Waals surface area contributed by atoms with Gasteiger partial charge in [-0.2, -0.15) is 0 Å². The SMILES string of the molecule is CCC(C)(CC(C)(C)c1ccc(O)cc1)C(=O)O. The highest BCUT2D eigenvalue weighted by Crippen LogP contribution is 2.39. The number of carboxylic acid groups (broad SMARTS) is 1. The molecule has 1 atom stereocenters. The Kier molecular flexibility index (Phi) is 4.05. The standard InChI is InChI=1S/C15H22O3/c1-5-15(4,13(17)18)10-14(2,3)11-6-8-12(16)9-7-11/h6-9,16H,5,10H2,1-4H3,(H,17,18). The summed E-state index contributed by atoms with van der Waals surface area (Å²) in [6, 6.07) is 6.99. The fourth-order valence-electron chi connectivity index (χ4n) is 2.34. The van der Waals surface area contributed by atoms with Gasteiger partial charge in [0.2, 0.25) is 0 Å². The summed E-state index contributed by atoms with van der Waals surface area (Å²) in [4.78, 5) is 11.4. The Morgan fingerprint density at radius 2 is 1.67 bits per heavy atom. The molecule has 0 heterocycles. The second-order valence-electron chi connectivity index (χ2n) is 5.83. The first-order valence-electron chi connectivity index (χ1n) is 6.24. The quantitative estimate of drug-likeness (QED) is 0.840. The number of aliphatic carboxylic acids is 1. The van der Waals surface area contributed by atoms with Gasteiger partial charge >= 0.3 is 5.97 Å². The van der Waals surface area contributed by atoms with E-state index in [4.69, 9.17) is 0 Å². The molecule has 0 saturated heterocycles. The highest BCUT2D eigenvalue weighted by Gasteiger charge is 2.38. The number of hydrogen-bond donors (Lipinski definition) is 2. The second-order valence-corrected chi connectivity index (χ2v) is 5.83. The van der Waals surface area contributed by atoms with Crippen LogP contribution in [0.3, 0.4) is 0 Å². The highest BCUT2D eigenvalue weighted by molar-refractivity contribution is 5.74. The van der Waals surface area contributed by atoms with Gasteiger partial charge in [-0.3, -0.25) is 4.79 Å². The van der Waals surface area contributed by atoms with Gasteiger partial charge in [0.05, 0.1) is 5.41 Å². The molecule has 1 unspecified atom stereocenters. The molecular weight excluding hydrogens is 228 g/mol. The molecule has 1 aromatic carbocycles. The van der Waals surface area contributed by atoms with Gasteiger partial charge in [0.25, 0.3) is 0 Å². The zero-order valence-electron chi connectivity index (χ0n) is 11.5. The minimum Gasteiger partial charge on any atom is -0.508 e. The van der Waals surface area contributed by atoms with Gasteiger partial charge in [-0.05, 0) is 42.9 Å². The summed E-state index contributed by atoms with van der Waals surface area (Å²) >= 11 is 0. The predicted molar refractivity (Wildman–Crippen MR) is 71.8 cm³/mol. The van der Waals surface area contributed by atoms with Crippen LogP contribution in [0.1, 0.15) is 46.1 Å². The van der Waals surface area contributed by atoms with Crippen molar-refractivity contribution in [3.8, 4) is 5.75 Å². The fraction of sp³-hybridized carbons (Fsp3) is 0.533. The highest BCUT2D eigenvalue weighted by atomic mass is 16.4. The average molecular weight is 250 g/mol. The van der Waals surface area contributed by atoms with Crippen molar-refractivity contribution in [2.45, 2.75) is 46.0 Å². The maximum absolute atomic E-state index is 11.4. The molecule has 3 nitrogen and oxygen atoms in total. The van der Waals surface area contributed by atoms with Crippen LogP contribution in [-0.4, -0.2) is 16.2 Å². The molecule has 0 aliphatic carbocycles. The number of benzene rings is 1. The zero-order valence-corrected chi connectivity index (χ0v) is 11.5. The lowest BCUT2D eigenvalue weighted by molar-refractivity contribution is -0.149. The molecule has 0 radical (unpaired) electrons. The number of aromatic hydroxyl groups is 1. The van der Waals surface area contributed by atoms with E-state index >= 15 is 0 Å². The number of phenolic OH excluding ortho intramolecular Hbond substituents is 1. The van der Waals surface area contributed by atoms with Crippen molar-refractivity contribution in [2.75, 3.05) is 0 Å². The molecule has 0 aromatic heterocycles. The first kappa shape index (κ1) is 14.6. The Hall–Kier alpha value is -1.51. The average Bonchev–Trinajstić information content (AvgIpc) is 2.28. The van der Waals surface area contributed by atoms with Gasteiger partial charge < -0.3 is 10.2 Å². The molecule has 1 rings (SSSR count). The third-order valence-electron chi connectivity index (χ3n) is 3.78. The Labute approximate surface area is 108 Å². The predicted octanol–water partition coefficient (Wildman–Crippen LogP) is 3.56. The van der Waals surface area contributed by atoms with Crippen molar-refractivity contribution in [1.29, 1.82) is 0 Å². The molecular formula is C15H22O3. The lowest BCUT2D eigenvalue weighted by atomic mass is 9.69. The molecule has 0 amide bonds. The van der Waals surface area contributed by atoms with Crippen LogP contribution in [0, 0.1) is 5.41 Å². The van der Waals surface area contributed by atoms with E-state index in [9.17, 15) is 15.0 Å². The summed E-state index contributed by atoms with van der Waals surface area (Å²) in [6.07, 6.45) is 1.17.